The molecule has 2 heterocycles. The third-order valence-electron chi connectivity index (χ3n) is 2.76. The van der Waals surface area contributed by atoms with E-state index < -0.39 is 5.97 Å². The Morgan fingerprint density at radius 2 is 2.10 bits per heavy atom. The Morgan fingerprint density at radius 1 is 1.33 bits per heavy atom. The number of esters is 1. The minimum Gasteiger partial charge on any atom is -0.456 e. The maximum atomic E-state index is 11.9. The van der Waals surface area contributed by atoms with Crippen molar-refractivity contribution in [2.24, 2.45) is 0 Å². The molecule has 2 aromatic heterocycles. The van der Waals surface area contributed by atoms with Gasteiger partial charge in [0.05, 0.1) is 11.3 Å². The van der Waals surface area contributed by atoms with Crippen LogP contribution in [-0.4, -0.2) is 20.6 Å². The maximum Gasteiger partial charge on any atom is 0.338 e. The summed E-state index contributed by atoms with van der Waals surface area (Å²) in [6.45, 7) is 1.75. The minimum absolute atomic E-state index is 0.0452. The number of aryl methyl sites for hydroxylation is 1. The molecule has 3 rings (SSSR count). The van der Waals surface area contributed by atoms with E-state index in [1.807, 2.05) is 6.07 Å². The van der Waals surface area contributed by atoms with Gasteiger partial charge in [0, 0.05) is 6.07 Å². The van der Waals surface area contributed by atoms with Gasteiger partial charge in [0.2, 0.25) is 4.96 Å². The fourth-order valence-corrected chi connectivity index (χ4v) is 2.59. The van der Waals surface area contributed by atoms with E-state index in [4.69, 9.17) is 4.74 Å². The molecule has 0 atom stereocenters. The third-order valence-corrected chi connectivity index (χ3v) is 3.58. The first-order valence-electron chi connectivity index (χ1n) is 6.22. The van der Waals surface area contributed by atoms with E-state index >= 15 is 0 Å². The first-order chi connectivity index (χ1) is 10.1. The molecule has 1 aromatic carbocycles. The van der Waals surface area contributed by atoms with Crippen molar-refractivity contribution in [2.75, 3.05) is 0 Å². The Labute approximate surface area is 123 Å². The van der Waals surface area contributed by atoms with Gasteiger partial charge in [-0.2, -0.15) is 9.61 Å². The van der Waals surface area contributed by atoms with Gasteiger partial charge in [0.25, 0.3) is 5.56 Å². The lowest BCUT2D eigenvalue weighted by Gasteiger charge is -2.04. The molecule has 0 aliphatic rings. The van der Waals surface area contributed by atoms with E-state index in [0.29, 0.717) is 16.2 Å². The zero-order chi connectivity index (χ0) is 14.8. The summed E-state index contributed by atoms with van der Waals surface area (Å²) in [6.07, 6.45) is 0. The average Bonchev–Trinajstić information content (AvgIpc) is 2.87. The summed E-state index contributed by atoms with van der Waals surface area (Å²) in [6, 6.07) is 9.99. The molecule has 3 aromatic rings. The molecular formula is C14H11N3O3S. The van der Waals surface area contributed by atoms with Crippen LogP contribution in [0.3, 0.4) is 0 Å². The van der Waals surface area contributed by atoms with Gasteiger partial charge in [0.1, 0.15) is 11.6 Å². The number of fused-ring (bicyclic) bond motifs is 1. The van der Waals surface area contributed by atoms with Gasteiger partial charge in [-0.05, 0) is 19.1 Å². The largest absolute Gasteiger partial charge is 0.456 e. The Hall–Kier alpha value is -2.54. The van der Waals surface area contributed by atoms with Crippen molar-refractivity contribution in [3.8, 4) is 0 Å². The summed E-state index contributed by atoms with van der Waals surface area (Å²) in [4.78, 5) is 28.4. The quantitative estimate of drug-likeness (QED) is 0.690. The van der Waals surface area contributed by atoms with Crippen molar-refractivity contribution in [3.63, 3.8) is 0 Å². The van der Waals surface area contributed by atoms with Crippen molar-refractivity contribution in [2.45, 2.75) is 13.5 Å². The van der Waals surface area contributed by atoms with Crippen LogP contribution in [0, 0.1) is 6.92 Å². The summed E-state index contributed by atoms with van der Waals surface area (Å²) < 4.78 is 6.40. The van der Waals surface area contributed by atoms with Crippen LogP contribution in [0.5, 0.6) is 0 Å². The van der Waals surface area contributed by atoms with Crippen LogP contribution < -0.4 is 5.56 Å². The highest BCUT2D eigenvalue weighted by Gasteiger charge is 2.10. The summed E-state index contributed by atoms with van der Waals surface area (Å²) >= 11 is 1.31. The Kier molecular flexibility index (Phi) is 3.49. The van der Waals surface area contributed by atoms with Gasteiger partial charge >= 0.3 is 5.97 Å². The summed E-state index contributed by atoms with van der Waals surface area (Å²) in [5, 5.41) is 4.80. The van der Waals surface area contributed by atoms with E-state index in [1.54, 1.807) is 31.2 Å². The van der Waals surface area contributed by atoms with Gasteiger partial charge in [-0.25, -0.2) is 9.78 Å². The lowest BCUT2D eigenvalue weighted by atomic mass is 10.2. The first-order valence-corrected chi connectivity index (χ1v) is 7.04. The third kappa shape index (κ3) is 2.82. The molecule has 6 nitrogen and oxygen atoms in total. The standard InChI is InChI=1S/C14H11N3O3S/c1-9-16-17-12(18)7-11(15-14(17)21-9)8-20-13(19)10-5-3-2-4-6-10/h2-7H,8H2,1H3. The predicted molar refractivity (Wildman–Crippen MR) is 77.4 cm³/mol. The predicted octanol–water partition coefficient (Wildman–Crippen LogP) is 1.82. The fraction of sp³-hybridized carbons (Fsp3) is 0.143. The van der Waals surface area contributed by atoms with E-state index in [1.165, 1.54) is 21.9 Å². The number of benzene rings is 1. The van der Waals surface area contributed by atoms with Gasteiger partial charge in [0.15, 0.2) is 0 Å². The monoisotopic (exact) mass is 301 g/mol. The van der Waals surface area contributed by atoms with Crippen LogP contribution in [0.2, 0.25) is 0 Å². The Bertz CT molecular complexity index is 855. The van der Waals surface area contributed by atoms with Crippen molar-refractivity contribution in [1.29, 1.82) is 0 Å². The van der Waals surface area contributed by atoms with Crippen LogP contribution in [0.25, 0.3) is 4.96 Å². The second-order valence-electron chi connectivity index (χ2n) is 4.34. The zero-order valence-electron chi connectivity index (χ0n) is 11.1. The van der Waals surface area contributed by atoms with Crippen LogP contribution in [-0.2, 0) is 11.3 Å². The second-order valence-corrected chi connectivity index (χ2v) is 5.50. The van der Waals surface area contributed by atoms with Crippen molar-refractivity contribution in [1.82, 2.24) is 14.6 Å². The molecule has 0 amide bonds. The summed E-state index contributed by atoms with van der Waals surface area (Å²) in [5.41, 5.74) is 0.590. The molecule has 0 fully saturated rings. The van der Waals surface area contributed by atoms with Crippen LogP contribution >= 0.6 is 11.3 Å². The highest BCUT2D eigenvalue weighted by molar-refractivity contribution is 7.16. The molecule has 0 unspecified atom stereocenters. The molecule has 0 N–H and O–H groups in total. The molecule has 0 aliphatic heterocycles. The molecule has 7 heteroatoms. The molecule has 21 heavy (non-hydrogen) atoms. The van der Waals surface area contributed by atoms with E-state index in [0.717, 1.165) is 5.01 Å². The van der Waals surface area contributed by atoms with Crippen molar-refractivity contribution < 1.29 is 9.53 Å². The van der Waals surface area contributed by atoms with Crippen LogP contribution in [0.15, 0.2) is 41.2 Å². The molecule has 0 radical (unpaired) electrons. The minimum atomic E-state index is -0.446. The number of carbonyl (C=O) groups excluding carboxylic acids is 1. The highest BCUT2D eigenvalue weighted by atomic mass is 32.1. The fourth-order valence-electron chi connectivity index (χ4n) is 1.82. The number of aromatic nitrogens is 3. The number of ether oxygens (including phenoxy) is 1. The topological polar surface area (TPSA) is 73.6 Å². The highest BCUT2D eigenvalue weighted by Crippen LogP contribution is 2.10. The van der Waals surface area contributed by atoms with E-state index in [9.17, 15) is 9.59 Å². The smallest absolute Gasteiger partial charge is 0.338 e. The molecule has 106 valence electrons. The van der Waals surface area contributed by atoms with Crippen molar-refractivity contribution in [3.05, 3.63) is 63.0 Å². The molecule has 0 saturated carbocycles. The zero-order valence-corrected chi connectivity index (χ0v) is 12.0. The van der Waals surface area contributed by atoms with E-state index in [2.05, 4.69) is 10.1 Å². The number of hydrogen-bond acceptors (Lipinski definition) is 6. The average molecular weight is 301 g/mol. The molecule has 0 saturated heterocycles. The number of nitrogens with zero attached hydrogens (tertiary/aromatic N) is 3. The van der Waals surface area contributed by atoms with Gasteiger partial charge in [-0.1, -0.05) is 29.5 Å². The molecular weight excluding hydrogens is 290 g/mol. The number of hydrogen-bond donors (Lipinski definition) is 0. The second kappa shape index (κ2) is 5.45. The Morgan fingerprint density at radius 3 is 2.86 bits per heavy atom. The van der Waals surface area contributed by atoms with Gasteiger partial charge < -0.3 is 4.74 Å². The first kappa shape index (κ1) is 13.4. The molecule has 0 aliphatic carbocycles. The maximum absolute atomic E-state index is 11.9. The summed E-state index contributed by atoms with van der Waals surface area (Å²) in [7, 11) is 0. The van der Waals surface area contributed by atoms with Gasteiger partial charge in [-0.3, -0.25) is 4.79 Å². The van der Waals surface area contributed by atoms with Crippen LogP contribution in [0.1, 0.15) is 21.1 Å². The summed E-state index contributed by atoms with van der Waals surface area (Å²) in [5.74, 6) is -0.446. The van der Waals surface area contributed by atoms with E-state index in [-0.39, 0.29) is 12.2 Å². The van der Waals surface area contributed by atoms with Gasteiger partial charge in [-0.15, -0.1) is 0 Å². The van der Waals surface area contributed by atoms with Crippen LogP contribution in [0.4, 0.5) is 0 Å². The normalized spacial score (nSPS) is 10.7. The SMILES string of the molecule is Cc1nn2c(=O)cc(COC(=O)c3ccccc3)nc2s1. The lowest BCUT2D eigenvalue weighted by molar-refractivity contribution is 0.0468. The van der Waals surface area contributed by atoms with Crippen molar-refractivity contribution >= 4 is 22.3 Å². The lowest BCUT2D eigenvalue weighted by Crippen LogP contribution is -2.16. The Balaban J connectivity index is 1.79. The number of carbonyl (C=O) groups is 1. The number of rotatable bonds is 3. The molecule has 0 spiro atoms. The molecule has 0 bridgehead atoms.